The molecule has 0 aliphatic heterocycles. The summed E-state index contributed by atoms with van der Waals surface area (Å²) in [7, 11) is 1.48. The SMILES string of the molecule is COc1cccc(-n2c(=O)c3ccccc3n(CC(=O)O)c2=O)c1. The summed E-state index contributed by atoms with van der Waals surface area (Å²) in [4.78, 5) is 36.6. The van der Waals surface area contributed by atoms with Crippen molar-refractivity contribution >= 4 is 16.9 Å². The summed E-state index contributed by atoms with van der Waals surface area (Å²) in [5, 5.41) is 9.36. The molecule has 0 bridgehead atoms. The number of carboxylic acids is 1. The van der Waals surface area contributed by atoms with E-state index in [4.69, 9.17) is 9.84 Å². The van der Waals surface area contributed by atoms with Crippen molar-refractivity contribution in [2.45, 2.75) is 6.54 Å². The molecular weight excluding hydrogens is 312 g/mol. The van der Waals surface area contributed by atoms with Crippen LogP contribution < -0.4 is 16.0 Å². The van der Waals surface area contributed by atoms with Gasteiger partial charge in [-0.05, 0) is 24.3 Å². The number of benzene rings is 2. The van der Waals surface area contributed by atoms with Gasteiger partial charge in [-0.1, -0.05) is 18.2 Å². The summed E-state index contributed by atoms with van der Waals surface area (Å²) in [6, 6.07) is 12.9. The van der Waals surface area contributed by atoms with Crippen LogP contribution in [0.4, 0.5) is 0 Å². The van der Waals surface area contributed by atoms with E-state index in [-0.39, 0.29) is 10.9 Å². The third kappa shape index (κ3) is 2.56. The summed E-state index contributed by atoms with van der Waals surface area (Å²) in [5.74, 6) is -0.685. The zero-order chi connectivity index (χ0) is 17.3. The molecule has 2 aromatic carbocycles. The van der Waals surface area contributed by atoms with Crippen molar-refractivity contribution in [3.05, 3.63) is 69.4 Å². The first kappa shape index (κ1) is 15.5. The fraction of sp³-hybridized carbons (Fsp3) is 0.118. The fourth-order valence-corrected chi connectivity index (χ4v) is 2.59. The maximum atomic E-state index is 12.8. The van der Waals surface area contributed by atoms with E-state index in [0.717, 1.165) is 9.13 Å². The van der Waals surface area contributed by atoms with E-state index in [1.165, 1.54) is 7.11 Å². The van der Waals surface area contributed by atoms with E-state index < -0.39 is 23.8 Å². The number of hydrogen-bond donors (Lipinski definition) is 1. The van der Waals surface area contributed by atoms with Crippen LogP contribution in [-0.2, 0) is 11.3 Å². The number of ether oxygens (including phenoxy) is 1. The highest BCUT2D eigenvalue weighted by Crippen LogP contribution is 2.15. The number of carboxylic acid groups (broad SMARTS) is 1. The summed E-state index contributed by atoms with van der Waals surface area (Å²) in [6.45, 7) is -0.538. The molecule has 122 valence electrons. The van der Waals surface area contributed by atoms with Crippen LogP contribution in [0.5, 0.6) is 5.75 Å². The molecule has 7 nitrogen and oxygen atoms in total. The zero-order valence-corrected chi connectivity index (χ0v) is 12.8. The molecule has 0 unspecified atom stereocenters. The Morgan fingerprint density at radius 1 is 1.12 bits per heavy atom. The molecule has 0 fully saturated rings. The van der Waals surface area contributed by atoms with E-state index in [0.29, 0.717) is 11.4 Å². The molecule has 0 aliphatic carbocycles. The van der Waals surface area contributed by atoms with Crippen LogP contribution in [0, 0.1) is 0 Å². The Kier molecular flexibility index (Phi) is 3.91. The Labute approximate surface area is 136 Å². The largest absolute Gasteiger partial charge is 0.497 e. The second-order valence-electron chi connectivity index (χ2n) is 5.12. The number of rotatable bonds is 4. The van der Waals surface area contributed by atoms with Crippen molar-refractivity contribution in [2.24, 2.45) is 0 Å². The molecule has 0 aliphatic rings. The van der Waals surface area contributed by atoms with E-state index >= 15 is 0 Å². The first-order valence-electron chi connectivity index (χ1n) is 7.13. The van der Waals surface area contributed by atoms with Crippen molar-refractivity contribution in [3.63, 3.8) is 0 Å². The van der Waals surface area contributed by atoms with Crippen LogP contribution in [0.15, 0.2) is 58.1 Å². The minimum atomic E-state index is -1.17. The second-order valence-corrected chi connectivity index (χ2v) is 5.12. The lowest BCUT2D eigenvalue weighted by molar-refractivity contribution is -0.137. The predicted molar refractivity (Wildman–Crippen MR) is 88.0 cm³/mol. The van der Waals surface area contributed by atoms with Crippen LogP contribution in [0.2, 0.25) is 0 Å². The van der Waals surface area contributed by atoms with Gasteiger partial charge in [-0.3, -0.25) is 14.2 Å². The molecule has 1 heterocycles. The molecule has 3 aromatic rings. The zero-order valence-electron chi connectivity index (χ0n) is 12.8. The first-order chi connectivity index (χ1) is 11.5. The van der Waals surface area contributed by atoms with Crippen LogP contribution in [0.1, 0.15) is 0 Å². The van der Waals surface area contributed by atoms with Gasteiger partial charge in [0.15, 0.2) is 0 Å². The average molecular weight is 326 g/mol. The minimum absolute atomic E-state index is 0.265. The standard InChI is InChI=1S/C17H14N2O5/c1-24-12-6-4-5-11(9-12)19-16(22)13-7-2-3-8-14(13)18(17(19)23)10-15(20)21/h2-9H,10H2,1H3,(H,20,21). The highest BCUT2D eigenvalue weighted by atomic mass is 16.5. The molecule has 1 aromatic heterocycles. The third-order valence-electron chi connectivity index (χ3n) is 3.66. The molecule has 0 spiro atoms. The Hall–Kier alpha value is -3.35. The molecule has 1 N–H and O–H groups in total. The van der Waals surface area contributed by atoms with E-state index in [1.807, 2.05) is 0 Å². The predicted octanol–water partition coefficient (Wildman–Crippen LogP) is 1.25. The number of hydrogen-bond acceptors (Lipinski definition) is 4. The Bertz CT molecular complexity index is 1050. The second kappa shape index (κ2) is 6.04. The van der Waals surface area contributed by atoms with Gasteiger partial charge >= 0.3 is 11.7 Å². The number of aliphatic carboxylic acids is 1. The van der Waals surface area contributed by atoms with E-state index in [1.54, 1.807) is 48.5 Å². The molecular formula is C17H14N2O5. The van der Waals surface area contributed by atoms with Crippen molar-refractivity contribution in [1.82, 2.24) is 9.13 Å². The monoisotopic (exact) mass is 326 g/mol. The first-order valence-corrected chi connectivity index (χ1v) is 7.13. The van der Waals surface area contributed by atoms with Gasteiger partial charge < -0.3 is 9.84 Å². The maximum absolute atomic E-state index is 12.8. The molecule has 7 heteroatoms. The van der Waals surface area contributed by atoms with Gasteiger partial charge in [-0.15, -0.1) is 0 Å². The third-order valence-corrected chi connectivity index (χ3v) is 3.66. The van der Waals surface area contributed by atoms with Crippen LogP contribution >= 0.6 is 0 Å². The van der Waals surface area contributed by atoms with Crippen LogP contribution in [0.25, 0.3) is 16.6 Å². The Morgan fingerprint density at radius 2 is 1.88 bits per heavy atom. The number of nitrogens with zero attached hydrogens (tertiary/aromatic N) is 2. The van der Waals surface area contributed by atoms with Gasteiger partial charge in [-0.2, -0.15) is 0 Å². The number of fused-ring (bicyclic) bond motifs is 1. The molecule has 3 rings (SSSR count). The average Bonchev–Trinajstić information content (AvgIpc) is 2.59. The lowest BCUT2D eigenvalue weighted by Gasteiger charge is -2.13. The van der Waals surface area contributed by atoms with Crippen LogP contribution in [-0.4, -0.2) is 27.3 Å². The quantitative estimate of drug-likeness (QED) is 0.779. The molecule has 0 amide bonds. The van der Waals surface area contributed by atoms with Crippen molar-refractivity contribution in [1.29, 1.82) is 0 Å². The molecule has 0 radical (unpaired) electrons. The summed E-state index contributed by atoms with van der Waals surface area (Å²) >= 11 is 0. The maximum Gasteiger partial charge on any atom is 0.336 e. The Balaban J connectivity index is 2.42. The highest BCUT2D eigenvalue weighted by Gasteiger charge is 2.16. The van der Waals surface area contributed by atoms with Gasteiger partial charge in [0, 0.05) is 6.07 Å². The van der Waals surface area contributed by atoms with Gasteiger partial charge in [0.1, 0.15) is 12.3 Å². The molecule has 0 atom stereocenters. The van der Waals surface area contributed by atoms with Gasteiger partial charge in [0.05, 0.1) is 23.7 Å². The van der Waals surface area contributed by atoms with E-state index in [2.05, 4.69) is 0 Å². The Morgan fingerprint density at radius 3 is 2.58 bits per heavy atom. The normalized spacial score (nSPS) is 10.7. The lowest BCUT2D eigenvalue weighted by Crippen LogP contribution is -2.40. The number of carbonyl (C=O) groups is 1. The van der Waals surface area contributed by atoms with Gasteiger partial charge in [0.2, 0.25) is 0 Å². The smallest absolute Gasteiger partial charge is 0.336 e. The highest BCUT2D eigenvalue weighted by molar-refractivity contribution is 5.80. The fourth-order valence-electron chi connectivity index (χ4n) is 2.59. The van der Waals surface area contributed by atoms with Gasteiger partial charge in [-0.25, -0.2) is 9.36 Å². The van der Waals surface area contributed by atoms with E-state index in [9.17, 15) is 14.4 Å². The summed E-state index contributed by atoms with van der Waals surface area (Å²) < 4.78 is 7.14. The molecule has 0 saturated heterocycles. The topological polar surface area (TPSA) is 90.5 Å². The number of methoxy groups -OCH3 is 1. The van der Waals surface area contributed by atoms with Crippen LogP contribution in [0.3, 0.4) is 0 Å². The lowest BCUT2D eigenvalue weighted by atomic mass is 10.2. The van der Waals surface area contributed by atoms with Gasteiger partial charge in [0.25, 0.3) is 5.56 Å². The number of aromatic nitrogens is 2. The van der Waals surface area contributed by atoms with Crippen molar-refractivity contribution in [2.75, 3.05) is 7.11 Å². The van der Waals surface area contributed by atoms with Crippen molar-refractivity contribution < 1.29 is 14.6 Å². The molecule has 0 saturated carbocycles. The summed E-state index contributed by atoms with van der Waals surface area (Å²) in [5.41, 5.74) is -0.622. The molecule has 24 heavy (non-hydrogen) atoms. The summed E-state index contributed by atoms with van der Waals surface area (Å²) in [6.07, 6.45) is 0. The van der Waals surface area contributed by atoms with Crippen molar-refractivity contribution in [3.8, 4) is 11.4 Å². The number of para-hydroxylation sites is 1. The minimum Gasteiger partial charge on any atom is -0.497 e.